The first-order chi connectivity index (χ1) is 11.4. The van der Waals surface area contributed by atoms with E-state index in [1.807, 2.05) is 24.9 Å². The number of amides is 1. The average Bonchev–Trinajstić information content (AvgIpc) is 2.52. The molecule has 0 aromatic heterocycles. The molecule has 3 nitrogen and oxygen atoms in total. The molecular weight excluding hydrogens is 303 g/mol. The maximum atomic E-state index is 13.8. The lowest BCUT2D eigenvalue weighted by molar-refractivity contribution is -0.170. The van der Waals surface area contributed by atoms with Crippen LogP contribution in [0.1, 0.15) is 46.0 Å². The highest BCUT2D eigenvalue weighted by molar-refractivity contribution is 5.97. The van der Waals surface area contributed by atoms with Gasteiger partial charge in [-0.2, -0.15) is 0 Å². The number of hydrogen-bond acceptors (Lipinski definition) is 2. The van der Waals surface area contributed by atoms with Gasteiger partial charge in [0, 0.05) is 0 Å². The van der Waals surface area contributed by atoms with Gasteiger partial charge in [0.25, 0.3) is 5.91 Å². The molecule has 5 fully saturated rings. The van der Waals surface area contributed by atoms with E-state index in [0.29, 0.717) is 17.9 Å². The zero-order valence-corrected chi connectivity index (χ0v) is 14.4. The normalized spacial score (nSPS) is 39.3. The minimum atomic E-state index is -0.581. The van der Waals surface area contributed by atoms with Crippen molar-refractivity contribution in [2.45, 2.75) is 57.5 Å². The van der Waals surface area contributed by atoms with Gasteiger partial charge in [-0.05, 0) is 87.8 Å². The minimum Gasteiger partial charge on any atom is -0.270 e. The maximum Gasteiger partial charge on any atom is 0.268 e. The molecule has 128 valence electrons. The van der Waals surface area contributed by atoms with Crippen molar-refractivity contribution in [3.05, 3.63) is 30.1 Å². The lowest BCUT2D eigenvalue weighted by atomic mass is 9.53. The molecule has 0 radical (unpaired) electrons. The van der Waals surface area contributed by atoms with Crippen LogP contribution in [-0.4, -0.2) is 22.5 Å². The molecular formula is C20H25FN2O. The number of hydrogen-bond donors (Lipinski definition) is 0. The van der Waals surface area contributed by atoms with Crippen LogP contribution >= 0.6 is 0 Å². The van der Waals surface area contributed by atoms with E-state index in [1.165, 1.54) is 38.2 Å². The van der Waals surface area contributed by atoms with E-state index in [9.17, 15) is 9.18 Å². The number of hydrazine groups is 1. The molecule has 1 heterocycles. The SMILES string of the molecule is CC1(C)C(=O)N(C2C3CC4CC(C3)CC2C4)N1c1cccc(F)c1. The Kier molecular flexibility index (Phi) is 2.91. The topological polar surface area (TPSA) is 23.6 Å². The molecule has 24 heavy (non-hydrogen) atoms. The Morgan fingerprint density at radius 3 is 2.25 bits per heavy atom. The van der Waals surface area contributed by atoms with Crippen molar-refractivity contribution in [3.8, 4) is 0 Å². The summed E-state index contributed by atoms with van der Waals surface area (Å²) in [4.78, 5) is 13.0. The number of nitrogens with zero attached hydrogens (tertiary/aromatic N) is 2. The van der Waals surface area contributed by atoms with Crippen molar-refractivity contribution >= 4 is 11.6 Å². The molecule has 1 aromatic rings. The summed E-state index contributed by atoms with van der Waals surface area (Å²) in [5, 5.41) is 4.06. The summed E-state index contributed by atoms with van der Waals surface area (Å²) in [5.41, 5.74) is 0.219. The summed E-state index contributed by atoms with van der Waals surface area (Å²) in [7, 11) is 0. The number of halogens is 1. The summed E-state index contributed by atoms with van der Waals surface area (Å²) in [6.45, 7) is 3.90. The predicted octanol–water partition coefficient (Wildman–Crippen LogP) is 3.99. The molecule has 4 bridgehead atoms. The van der Waals surface area contributed by atoms with Gasteiger partial charge in [-0.3, -0.25) is 9.80 Å². The predicted molar refractivity (Wildman–Crippen MR) is 90.6 cm³/mol. The van der Waals surface area contributed by atoms with Crippen LogP contribution in [-0.2, 0) is 4.79 Å². The van der Waals surface area contributed by atoms with Gasteiger partial charge >= 0.3 is 0 Å². The molecule has 4 saturated carbocycles. The van der Waals surface area contributed by atoms with Gasteiger partial charge in [-0.15, -0.1) is 0 Å². The van der Waals surface area contributed by atoms with Crippen LogP contribution in [0, 0.1) is 29.5 Å². The van der Waals surface area contributed by atoms with Crippen LogP contribution in [0.15, 0.2) is 24.3 Å². The van der Waals surface area contributed by atoms with Crippen molar-refractivity contribution in [1.29, 1.82) is 0 Å². The van der Waals surface area contributed by atoms with Crippen molar-refractivity contribution in [2.24, 2.45) is 23.7 Å². The molecule has 0 spiro atoms. The lowest BCUT2D eigenvalue weighted by Crippen LogP contribution is -2.80. The summed E-state index contributed by atoms with van der Waals surface area (Å²) in [6.07, 6.45) is 6.52. The Morgan fingerprint density at radius 2 is 1.67 bits per heavy atom. The Hall–Kier alpha value is -1.58. The zero-order valence-electron chi connectivity index (χ0n) is 14.4. The van der Waals surface area contributed by atoms with Gasteiger partial charge in [-0.1, -0.05) is 6.07 Å². The van der Waals surface area contributed by atoms with Gasteiger partial charge in [0.2, 0.25) is 0 Å². The quantitative estimate of drug-likeness (QED) is 0.819. The highest BCUT2D eigenvalue weighted by Crippen LogP contribution is 2.57. The number of anilines is 1. The molecule has 1 saturated heterocycles. The highest BCUT2D eigenvalue weighted by atomic mass is 19.1. The monoisotopic (exact) mass is 328 g/mol. The van der Waals surface area contributed by atoms with Crippen LogP contribution in [0.3, 0.4) is 0 Å². The number of rotatable bonds is 2. The fraction of sp³-hybridized carbons (Fsp3) is 0.650. The summed E-state index contributed by atoms with van der Waals surface area (Å²) < 4.78 is 13.8. The summed E-state index contributed by atoms with van der Waals surface area (Å²) >= 11 is 0. The van der Waals surface area contributed by atoms with Gasteiger partial charge in [0.15, 0.2) is 0 Å². The van der Waals surface area contributed by atoms with E-state index >= 15 is 0 Å². The van der Waals surface area contributed by atoms with Crippen LogP contribution in [0.2, 0.25) is 0 Å². The van der Waals surface area contributed by atoms with E-state index in [0.717, 1.165) is 17.5 Å². The maximum absolute atomic E-state index is 13.8. The molecule has 0 unspecified atom stereocenters. The van der Waals surface area contributed by atoms with Crippen molar-refractivity contribution in [2.75, 3.05) is 5.01 Å². The third kappa shape index (κ3) is 1.86. The van der Waals surface area contributed by atoms with E-state index in [1.54, 1.807) is 12.1 Å². The lowest BCUT2D eigenvalue weighted by Gasteiger charge is -2.65. The summed E-state index contributed by atoms with van der Waals surface area (Å²) in [6, 6.07) is 6.99. The first kappa shape index (κ1) is 14.7. The van der Waals surface area contributed by atoms with Crippen molar-refractivity contribution < 1.29 is 9.18 Å². The van der Waals surface area contributed by atoms with Gasteiger partial charge < -0.3 is 0 Å². The molecule has 0 N–H and O–H groups in total. The second-order valence-corrected chi connectivity index (χ2v) is 8.92. The van der Waals surface area contributed by atoms with Gasteiger partial charge in [0.1, 0.15) is 11.4 Å². The first-order valence-electron chi connectivity index (χ1n) is 9.34. The van der Waals surface area contributed by atoms with Crippen LogP contribution in [0.4, 0.5) is 10.1 Å². The van der Waals surface area contributed by atoms with Crippen LogP contribution in [0.5, 0.6) is 0 Å². The molecule has 1 aromatic carbocycles. The van der Waals surface area contributed by atoms with Gasteiger partial charge in [-0.25, -0.2) is 9.40 Å². The van der Waals surface area contributed by atoms with Crippen molar-refractivity contribution in [3.63, 3.8) is 0 Å². The molecule has 1 aliphatic heterocycles. The highest BCUT2D eigenvalue weighted by Gasteiger charge is 2.61. The molecule has 5 aliphatic rings. The van der Waals surface area contributed by atoms with E-state index < -0.39 is 5.54 Å². The average molecular weight is 328 g/mol. The molecule has 1 amide bonds. The van der Waals surface area contributed by atoms with E-state index in [-0.39, 0.29) is 11.7 Å². The third-order valence-corrected chi connectivity index (χ3v) is 6.99. The number of benzene rings is 1. The molecule has 0 atom stereocenters. The smallest absolute Gasteiger partial charge is 0.268 e. The second kappa shape index (κ2) is 4.74. The van der Waals surface area contributed by atoms with E-state index in [2.05, 4.69) is 5.01 Å². The number of carbonyl (C=O) groups is 1. The molecule has 4 heteroatoms. The second-order valence-electron chi connectivity index (χ2n) is 8.92. The Balaban J connectivity index is 1.51. The van der Waals surface area contributed by atoms with Crippen LogP contribution < -0.4 is 5.01 Å². The Bertz CT molecular complexity index is 673. The fourth-order valence-electron chi connectivity index (χ4n) is 6.31. The largest absolute Gasteiger partial charge is 0.270 e. The Morgan fingerprint density at radius 1 is 1.04 bits per heavy atom. The third-order valence-electron chi connectivity index (χ3n) is 6.99. The summed E-state index contributed by atoms with van der Waals surface area (Å²) in [5.74, 6) is 3.00. The molecule has 6 rings (SSSR count). The van der Waals surface area contributed by atoms with Crippen LogP contribution in [0.25, 0.3) is 0 Å². The van der Waals surface area contributed by atoms with E-state index in [4.69, 9.17) is 0 Å². The standard InChI is InChI=1S/C20H25FN2O/c1-20(2)19(24)22(23(20)17-5-3-4-16(21)11-17)18-14-7-12-6-13(9-14)10-15(18)8-12/h3-5,11-15,18H,6-10H2,1-2H3. The first-order valence-corrected chi connectivity index (χ1v) is 9.34. The molecule has 4 aliphatic carbocycles. The minimum absolute atomic E-state index is 0.198. The fourth-order valence-corrected chi connectivity index (χ4v) is 6.31. The zero-order chi connectivity index (χ0) is 16.6. The Labute approximate surface area is 142 Å². The van der Waals surface area contributed by atoms with Crippen molar-refractivity contribution in [1.82, 2.24) is 5.01 Å². The van der Waals surface area contributed by atoms with Gasteiger partial charge in [0.05, 0.1) is 11.7 Å². The number of carbonyl (C=O) groups excluding carboxylic acids is 1.